The number of aryl methyl sites for hydroxylation is 1. The maximum atomic E-state index is 11.4. The van der Waals surface area contributed by atoms with Crippen LogP contribution in [0.15, 0.2) is 24.3 Å². The number of hydrogen-bond acceptors (Lipinski definition) is 1. The highest BCUT2D eigenvalue weighted by Gasteiger charge is 2.35. The van der Waals surface area contributed by atoms with E-state index in [0.29, 0.717) is 12.3 Å². The standard InChI is InChI=1S/C16H22O2/c1-3-16(2,15(17)18)11-13-9-6-8-12-7-4-5-10-14(12)13/h4-5,7,10,13H,3,6,8-9,11H2,1-2H3,(H,17,18). The molecule has 1 aromatic carbocycles. The van der Waals surface area contributed by atoms with Crippen LogP contribution in [-0.4, -0.2) is 11.1 Å². The fourth-order valence-electron chi connectivity index (χ4n) is 2.99. The largest absolute Gasteiger partial charge is 0.481 e. The number of carboxylic acids is 1. The molecule has 0 heterocycles. The van der Waals surface area contributed by atoms with Gasteiger partial charge in [-0.25, -0.2) is 0 Å². The molecular weight excluding hydrogens is 224 g/mol. The lowest BCUT2D eigenvalue weighted by atomic mass is 9.72. The first-order chi connectivity index (χ1) is 8.57. The van der Waals surface area contributed by atoms with E-state index in [-0.39, 0.29) is 0 Å². The molecule has 2 nitrogen and oxygen atoms in total. The van der Waals surface area contributed by atoms with Gasteiger partial charge in [-0.05, 0) is 56.1 Å². The molecule has 0 radical (unpaired) electrons. The number of benzene rings is 1. The fraction of sp³-hybridized carbons (Fsp3) is 0.562. The highest BCUT2D eigenvalue weighted by Crippen LogP contribution is 2.41. The Balaban J connectivity index is 2.23. The SMILES string of the molecule is CCC(C)(CC1CCCc2ccccc21)C(=O)O. The van der Waals surface area contributed by atoms with Crippen molar-refractivity contribution in [1.82, 2.24) is 0 Å². The molecule has 0 spiro atoms. The van der Waals surface area contributed by atoms with Gasteiger partial charge in [0.1, 0.15) is 0 Å². The van der Waals surface area contributed by atoms with Crippen molar-refractivity contribution < 1.29 is 9.90 Å². The molecule has 2 rings (SSSR count). The van der Waals surface area contributed by atoms with Crippen molar-refractivity contribution >= 4 is 5.97 Å². The van der Waals surface area contributed by atoms with Gasteiger partial charge >= 0.3 is 5.97 Å². The Morgan fingerprint density at radius 3 is 2.83 bits per heavy atom. The van der Waals surface area contributed by atoms with E-state index in [1.807, 2.05) is 13.8 Å². The van der Waals surface area contributed by atoms with Gasteiger partial charge in [0.05, 0.1) is 5.41 Å². The van der Waals surface area contributed by atoms with Gasteiger partial charge in [0.2, 0.25) is 0 Å². The monoisotopic (exact) mass is 246 g/mol. The second-order valence-electron chi connectivity index (χ2n) is 5.71. The average Bonchev–Trinajstić information content (AvgIpc) is 2.39. The van der Waals surface area contributed by atoms with E-state index in [1.54, 1.807) is 0 Å². The summed E-state index contributed by atoms with van der Waals surface area (Å²) in [5.74, 6) is -0.246. The third kappa shape index (κ3) is 2.43. The predicted octanol–water partition coefficient (Wildman–Crippen LogP) is 4.00. The van der Waals surface area contributed by atoms with E-state index >= 15 is 0 Å². The summed E-state index contributed by atoms with van der Waals surface area (Å²) in [7, 11) is 0. The first-order valence-corrected chi connectivity index (χ1v) is 6.88. The number of hydrogen-bond donors (Lipinski definition) is 1. The number of fused-ring (bicyclic) bond motifs is 1. The third-order valence-corrected chi connectivity index (χ3v) is 4.49. The van der Waals surface area contributed by atoms with E-state index in [1.165, 1.54) is 17.5 Å². The van der Waals surface area contributed by atoms with Crippen molar-refractivity contribution in [3.63, 3.8) is 0 Å². The second-order valence-corrected chi connectivity index (χ2v) is 5.71. The minimum atomic E-state index is -0.659. The minimum Gasteiger partial charge on any atom is -0.481 e. The summed E-state index contributed by atoms with van der Waals surface area (Å²) >= 11 is 0. The number of aliphatic carboxylic acids is 1. The third-order valence-electron chi connectivity index (χ3n) is 4.49. The summed E-state index contributed by atoms with van der Waals surface area (Å²) in [6.07, 6.45) is 4.90. The van der Waals surface area contributed by atoms with Crippen LogP contribution in [-0.2, 0) is 11.2 Å². The lowest BCUT2D eigenvalue weighted by Gasteiger charge is -2.32. The van der Waals surface area contributed by atoms with Gasteiger partial charge in [0, 0.05) is 0 Å². The van der Waals surface area contributed by atoms with Gasteiger partial charge in [-0.3, -0.25) is 4.79 Å². The van der Waals surface area contributed by atoms with Crippen molar-refractivity contribution in [3.05, 3.63) is 35.4 Å². The highest BCUT2D eigenvalue weighted by molar-refractivity contribution is 5.74. The number of carbonyl (C=O) groups is 1. The zero-order valence-corrected chi connectivity index (χ0v) is 11.3. The van der Waals surface area contributed by atoms with Crippen LogP contribution >= 0.6 is 0 Å². The summed E-state index contributed by atoms with van der Waals surface area (Å²) in [4.78, 5) is 11.4. The maximum absolute atomic E-state index is 11.4. The topological polar surface area (TPSA) is 37.3 Å². The number of rotatable bonds is 4. The predicted molar refractivity (Wildman–Crippen MR) is 72.8 cm³/mol. The van der Waals surface area contributed by atoms with Gasteiger partial charge in [-0.2, -0.15) is 0 Å². The highest BCUT2D eigenvalue weighted by atomic mass is 16.4. The molecule has 1 N–H and O–H groups in total. The molecule has 0 aromatic heterocycles. The van der Waals surface area contributed by atoms with Crippen molar-refractivity contribution in [3.8, 4) is 0 Å². The molecule has 0 fully saturated rings. The fourth-order valence-corrected chi connectivity index (χ4v) is 2.99. The second kappa shape index (κ2) is 5.13. The molecule has 2 heteroatoms. The Kier molecular flexibility index (Phi) is 3.74. The van der Waals surface area contributed by atoms with Crippen LogP contribution in [0.3, 0.4) is 0 Å². The van der Waals surface area contributed by atoms with Crippen molar-refractivity contribution in [2.75, 3.05) is 0 Å². The molecule has 1 aromatic rings. The lowest BCUT2D eigenvalue weighted by Crippen LogP contribution is -2.30. The van der Waals surface area contributed by atoms with Gasteiger partial charge < -0.3 is 5.11 Å². The minimum absolute atomic E-state index is 0.413. The molecule has 98 valence electrons. The van der Waals surface area contributed by atoms with Gasteiger partial charge in [0.25, 0.3) is 0 Å². The molecule has 0 saturated heterocycles. The van der Waals surface area contributed by atoms with E-state index in [9.17, 15) is 9.90 Å². The molecule has 0 bridgehead atoms. The van der Waals surface area contributed by atoms with Gasteiger partial charge in [-0.1, -0.05) is 31.2 Å². The Hall–Kier alpha value is -1.31. The van der Waals surface area contributed by atoms with Gasteiger partial charge in [0.15, 0.2) is 0 Å². The van der Waals surface area contributed by atoms with Crippen LogP contribution in [0.5, 0.6) is 0 Å². The van der Waals surface area contributed by atoms with Crippen LogP contribution in [0.25, 0.3) is 0 Å². The molecule has 2 unspecified atom stereocenters. The van der Waals surface area contributed by atoms with Crippen LogP contribution < -0.4 is 0 Å². The summed E-state index contributed by atoms with van der Waals surface area (Å²) in [6, 6.07) is 8.52. The molecule has 18 heavy (non-hydrogen) atoms. The van der Waals surface area contributed by atoms with Crippen molar-refractivity contribution in [1.29, 1.82) is 0 Å². The molecule has 0 saturated carbocycles. The summed E-state index contributed by atoms with van der Waals surface area (Å²) in [6.45, 7) is 3.86. The summed E-state index contributed by atoms with van der Waals surface area (Å²) in [5, 5.41) is 9.41. The molecule has 0 aliphatic heterocycles. The van der Waals surface area contributed by atoms with E-state index in [2.05, 4.69) is 24.3 Å². The Bertz CT molecular complexity index is 438. The zero-order chi connectivity index (χ0) is 13.2. The van der Waals surface area contributed by atoms with E-state index in [0.717, 1.165) is 19.3 Å². The Morgan fingerprint density at radius 1 is 1.44 bits per heavy atom. The smallest absolute Gasteiger partial charge is 0.309 e. The zero-order valence-electron chi connectivity index (χ0n) is 11.3. The first-order valence-electron chi connectivity index (χ1n) is 6.88. The molecular formula is C16H22O2. The molecule has 2 atom stereocenters. The average molecular weight is 246 g/mol. The first kappa shape index (κ1) is 13.1. The Morgan fingerprint density at radius 2 is 2.17 bits per heavy atom. The quantitative estimate of drug-likeness (QED) is 0.872. The number of carboxylic acid groups (broad SMARTS) is 1. The lowest BCUT2D eigenvalue weighted by molar-refractivity contribution is -0.148. The van der Waals surface area contributed by atoms with Crippen LogP contribution in [0.4, 0.5) is 0 Å². The van der Waals surface area contributed by atoms with E-state index < -0.39 is 11.4 Å². The molecule has 0 amide bonds. The van der Waals surface area contributed by atoms with Crippen molar-refractivity contribution in [2.24, 2.45) is 5.41 Å². The van der Waals surface area contributed by atoms with Crippen molar-refractivity contribution in [2.45, 2.75) is 51.9 Å². The van der Waals surface area contributed by atoms with E-state index in [4.69, 9.17) is 0 Å². The Labute approximate surface area is 109 Å². The summed E-state index contributed by atoms with van der Waals surface area (Å²) < 4.78 is 0. The van der Waals surface area contributed by atoms with Crippen LogP contribution in [0.1, 0.15) is 56.6 Å². The maximum Gasteiger partial charge on any atom is 0.309 e. The van der Waals surface area contributed by atoms with Crippen LogP contribution in [0, 0.1) is 5.41 Å². The molecule has 1 aliphatic rings. The van der Waals surface area contributed by atoms with Gasteiger partial charge in [-0.15, -0.1) is 0 Å². The van der Waals surface area contributed by atoms with Crippen LogP contribution in [0.2, 0.25) is 0 Å². The molecule has 1 aliphatic carbocycles. The summed E-state index contributed by atoms with van der Waals surface area (Å²) in [5.41, 5.74) is 2.21. The normalized spacial score (nSPS) is 22.0.